The number of piperazine rings is 1. The summed E-state index contributed by atoms with van der Waals surface area (Å²) in [5, 5.41) is 0. The van der Waals surface area contributed by atoms with Gasteiger partial charge in [0.25, 0.3) is 0 Å². The van der Waals surface area contributed by atoms with Gasteiger partial charge >= 0.3 is 5.97 Å². The lowest BCUT2D eigenvalue weighted by atomic mass is 9.97. The molecule has 0 aromatic heterocycles. The molecule has 0 spiro atoms. The van der Waals surface area contributed by atoms with E-state index in [9.17, 15) is 14.4 Å². The number of amides is 2. The normalized spacial score (nSPS) is 19.7. The molecule has 0 atom stereocenters. The lowest BCUT2D eigenvalue weighted by Crippen LogP contribution is -2.53. The highest BCUT2D eigenvalue weighted by Crippen LogP contribution is 2.18. The Balaban J connectivity index is 1.69. The smallest absolute Gasteiger partial charge is 0.308 e. The standard InChI is InChI=1S/C19H34N4O4/c1-4-22(5-2)17(24)14-20-10-12-21(13-11-20)15-18(25)23-8-6-16(7-9-23)19(26)27-3/h16H,4-15H2,1-3H3. The minimum Gasteiger partial charge on any atom is -0.469 e. The second-order valence-electron chi connectivity index (χ2n) is 7.30. The highest BCUT2D eigenvalue weighted by molar-refractivity contribution is 5.79. The maximum atomic E-state index is 12.5. The van der Waals surface area contributed by atoms with E-state index in [1.807, 2.05) is 23.6 Å². The number of nitrogens with zero attached hydrogens (tertiary/aromatic N) is 4. The molecule has 2 fully saturated rings. The summed E-state index contributed by atoms with van der Waals surface area (Å²) in [4.78, 5) is 44.4. The Morgan fingerprint density at radius 1 is 0.889 bits per heavy atom. The molecule has 0 N–H and O–H groups in total. The molecule has 0 bridgehead atoms. The molecule has 0 aromatic rings. The second kappa shape index (κ2) is 10.6. The van der Waals surface area contributed by atoms with E-state index in [-0.39, 0.29) is 23.7 Å². The molecule has 0 aliphatic carbocycles. The van der Waals surface area contributed by atoms with E-state index in [4.69, 9.17) is 4.74 Å². The fourth-order valence-corrected chi connectivity index (χ4v) is 3.80. The predicted octanol–water partition coefficient (Wildman–Crippen LogP) is -0.116. The average molecular weight is 383 g/mol. The van der Waals surface area contributed by atoms with Crippen molar-refractivity contribution in [2.75, 3.05) is 72.6 Å². The van der Waals surface area contributed by atoms with Crippen LogP contribution in [0.5, 0.6) is 0 Å². The van der Waals surface area contributed by atoms with Gasteiger partial charge in [0.1, 0.15) is 0 Å². The van der Waals surface area contributed by atoms with Crippen molar-refractivity contribution in [1.82, 2.24) is 19.6 Å². The number of likely N-dealkylation sites (N-methyl/N-ethyl adjacent to an activating group) is 1. The Morgan fingerprint density at radius 3 is 1.89 bits per heavy atom. The Kier molecular flexibility index (Phi) is 8.50. The Labute approximate surface area is 162 Å². The van der Waals surface area contributed by atoms with Gasteiger partial charge in [-0.25, -0.2) is 0 Å². The number of hydrogen-bond acceptors (Lipinski definition) is 6. The third-order valence-corrected chi connectivity index (χ3v) is 5.68. The van der Waals surface area contributed by atoms with Crippen LogP contribution < -0.4 is 0 Å². The summed E-state index contributed by atoms with van der Waals surface area (Å²) in [5.41, 5.74) is 0. The number of carbonyl (C=O) groups is 3. The quantitative estimate of drug-likeness (QED) is 0.572. The number of likely N-dealkylation sites (tertiary alicyclic amines) is 1. The first-order valence-electron chi connectivity index (χ1n) is 10.1. The molecule has 8 nitrogen and oxygen atoms in total. The second-order valence-corrected chi connectivity index (χ2v) is 7.30. The van der Waals surface area contributed by atoms with E-state index < -0.39 is 0 Å². The van der Waals surface area contributed by atoms with Crippen LogP contribution in [0.4, 0.5) is 0 Å². The molecule has 0 saturated carbocycles. The van der Waals surface area contributed by atoms with Crippen molar-refractivity contribution in [2.24, 2.45) is 5.92 Å². The zero-order valence-corrected chi connectivity index (χ0v) is 17.0. The van der Waals surface area contributed by atoms with Gasteiger partial charge in [-0.15, -0.1) is 0 Å². The molecule has 154 valence electrons. The molecule has 0 radical (unpaired) electrons. The van der Waals surface area contributed by atoms with Crippen molar-refractivity contribution >= 4 is 17.8 Å². The molecule has 2 aliphatic rings. The highest BCUT2D eigenvalue weighted by atomic mass is 16.5. The van der Waals surface area contributed by atoms with Gasteiger partial charge in [-0.1, -0.05) is 0 Å². The number of piperidine rings is 1. The average Bonchev–Trinajstić information content (AvgIpc) is 2.70. The van der Waals surface area contributed by atoms with Crippen LogP contribution in [0.3, 0.4) is 0 Å². The van der Waals surface area contributed by atoms with Gasteiger partial charge in [-0.3, -0.25) is 24.2 Å². The topological polar surface area (TPSA) is 73.4 Å². The molecule has 2 heterocycles. The SMILES string of the molecule is CCN(CC)C(=O)CN1CCN(CC(=O)N2CCC(C(=O)OC)CC2)CC1. The van der Waals surface area contributed by atoms with Crippen LogP contribution in [-0.4, -0.2) is 110 Å². The summed E-state index contributed by atoms with van der Waals surface area (Å²) in [6, 6.07) is 0. The van der Waals surface area contributed by atoms with Crippen LogP contribution in [-0.2, 0) is 19.1 Å². The first-order valence-corrected chi connectivity index (χ1v) is 10.1. The monoisotopic (exact) mass is 382 g/mol. The van der Waals surface area contributed by atoms with E-state index >= 15 is 0 Å². The van der Waals surface area contributed by atoms with Crippen LogP contribution >= 0.6 is 0 Å². The van der Waals surface area contributed by atoms with Crippen LogP contribution in [0.25, 0.3) is 0 Å². The first kappa shape index (κ1) is 21.6. The van der Waals surface area contributed by atoms with Gasteiger partial charge in [0.15, 0.2) is 0 Å². The number of esters is 1. The lowest BCUT2D eigenvalue weighted by Gasteiger charge is -2.37. The van der Waals surface area contributed by atoms with E-state index in [0.29, 0.717) is 39.0 Å². The number of carbonyl (C=O) groups excluding carboxylic acids is 3. The number of ether oxygens (including phenoxy) is 1. The van der Waals surface area contributed by atoms with E-state index in [1.54, 1.807) is 0 Å². The molecule has 27 heavy (non-hydrogen) atoms. The largest absolute Gasteiger partial charge is 0.469 e. The molecular weight excluding hydrogens is 348 g/mol. The van der Waals surface area contributed by atoms with Gasteiger partial charge in [0.2, 0.25) is 11.8 Å². The van der Waals surface area contributed by atoms with Crippen molar-refractivity contribution in [3.8, 4) is 0 Å². The minimum atomic E-state index is -0.169. The maximum absolute atomic E-state index is 12.5. The summed E-state index contributed by atoms with van der Waals surface area (Å²) in [5.74, 6) is 0.0624. The number of methoxy groups -OCH3 is 1. The minimum absolute atomic E-state index is 0.0778. The zero-order chi connectivity index (χ0) is 19.8. The van der Waals surface area contributed by atoms with E-state index in [2.05, 4.69) is 9.80 Å². The lowest BCUT2D eigenvalue weighted by molar-refractivity contribution is -0.149. The third-order valence-electron chi connectivity index (χ3n) is 5.68. The maximum Gasteiger partial charge on any atom is 0.308 e. The Morgan fingerprint density at radius 2 is 1.41 bits per heavy atom. The van der Waals surface area contributed by atoms with Crippen molar-refractivity contribution in [1.29, 1.82) is 0 Å². The molecule has 2 rings (SSSR count). The predicted molar refractivity (Wildman–Crippen MR) is 102 cm³/mol. The van der Waals surface area contributed by atoms with Crippen LogP contribution in [0.2, 0.25) is 0 Å². The third kappa shape index (κ3) is 6.17. The van der Waals surface area contributed by atoms with Gasteiger partial charge in [0, 0.05) is 52.4 Å². The van der Waals surface area contributed by atoms with Crippen molar-refractivity contribution in [3.63, 3.8) is 0 Å². The van der Waals surface area contributed by atoms with Crippen molar-refractivity contribution < 1.29 is 19.1 Å². The first-order chi connectivity index (χ1) is 13.0. The van der Waals surface area contributed by atoms with E-state index in [1.165, 1.54) is 7.11 Å². The highest BCUT2D eigenvalue weighted by Gasteiger charge is 2.29. The van der Waals surface area contributed by atoms with Crippen molar-refractivity contribution in [2.45, 2.75) is 26.7 Å². The van der Waals surface area contributed by atoms with E-state index in [0.717, 1.165) is 39.3 Å². The number of rotatable bonds is 7. The van der Waals surface area contributed by atoms with Crippen molar-refractivity contribution in [3.05, 3.63) is 0 Å². The van der Waals surface area contributed by atoms with Crippen LogP contribution in [0, 0.1) is 5.92 Å². The van der Waals surface area contributed by atoms with Gasteiger partial charge in [-0.05, 0) is 26.7 Å². The van der Waals surface area contributed by atoms with Gasteiger partial charge in [-0.2, -0.15) is 0 Å². The summed E-state index contributed by atoms with van der Waals surface area (Å²) in [7, 11) is 1.41. The van der Waals surface area contributed by atoms with Gasteiger partial charge < -0.3 is 14.5 Å². The molecule has 2 amide bonds. The molecular formula is C19H34N4O4. The number of hydrogen-bond donors (Lipinski definition) is 0. The Bertz CT molecular complexity index is 508. The summed E-state index contributed by atoms with van der Waals surface area (Å²) in [6.07, 6.45) is 1.36. The van der Waals surface area contributed by atoms with Crippen LogP contribution in [0.15, 0.2) is 0 Å². The van der Waals surface area contributed by atoms with Gasteiger partial charge in [0.05, 0.1) is 26.1 Å². The molecule has 2 saturated heterocycles. The molecule has 2 aliphatic heterocycles. The fraction of sp³-hybridized carbons (Fsp3) is 0.842. The van der Waals surface area contributed by atoms with Crippen LogP contribution in [0.1, 0.15) is 26.7 Å². The summed E-state index contributed by atoms with van der Waals surface area (Å²) in [6.45, 7) is 10.8. The molecule has 0 aromatic carbocycles. The Hall–Kier alpha value is -1.67. The molecule has 8 heteroatoms. The zero-order valence-electron chi connectivity index (χ0n) is 17.0. The molecule has 0 unspecified atom stereocenters. The fourth-order valence-electron chi connectivity index (χ4n) is 3.80. The summed E-state index contributed by atoms with van der Waals surface area (Å²) >= 11 is 0. The summed E-state index contributed by atoms with van der Waals surface area (Å²) < 4.78 is 4.79.